The van der Waals surface area contributed by atoms with Crippen molar-refractivity contribution in [1.82, 2.24) is 14.7 Å². The highest BCUT2D eigenvalue weighted by Gasteiger charge is 2.43. The van der Waals surface area contributed by atoms with Crippen molar-refractivity contribution in [3.63, 3.8) is 0 Å². The second-order valence-electron chi connectivity index (χ2n) is 5.48. The third-order valence-corrected chi connectivity index (χ3v) is 4.80. The molecule has 1 fully saturated rings. The third-order valence-electron chi connectivity index (χ3n) is 4.80. The van der Waals surface area contributed by atoms with E-state index < -0.39 is 6.10 Å². The first-order valence-corrected chi connectivity index (χ1v) is 7.64. The normalized spacial score (nSPS) is 18.9. The highest BCUT2D eigenvalue weighted by molar-refractivity contribution is 5.13. The number of hydrogen-bond donors (Lipinski definition) is 1. The first-order valence-electron chi connectivity index (χ1n) is 7.64. The lowest BCUT2D eigenvalue weighted by Crippen LogP contribution is -2.51. The minimum absolute atomic E-state index is 0.135. The summed E-state index contributed by atoms with van der Waals surface area (Å²) >= 11 is 0. The summed E-state index contributed by atoms with van der Waals surface area (Å²) in [6, 6.07) is 1.96. The minimum Gasteiger partial charge on any atom is -0.385 e. The van der Waals surface area contributed by atoms with E-state index in [0.717, 1.165) is 38.2 Å². The van der Waals surface area contributed by atoms with Crippen LogP contribution < -0.4 is 0 Å². The van der Waals surface area contributed by atoms with Gasteiger partial charge in [0, 0.05) is 12.7 Å². The Hall–Kier alpha value is -0.870. The topological polar surface area (TPSA) is 41.3 Å². The van der Waals surface area contributed by atoms with Gasteiger partial charge in [-0.05, 0) is 51.8 Å². The summed E-state index contributed by atoms with van der Waals surface area (Å²) in [6.07, 6.45) is 5.78. The van der Waals surface area contributed by atoms with Crippen molar-refractivity contribution in [2.45, 2.75) is 64.6 Å². The molecule has 0 amide bonds. The predicted molar refractivity (Wildman–Crippen MR) is 77.0 cm³/mol. The molecule has 0 radical (unpaired) electrons. The minimum atomic E-state index is -0.456. The van der Waals surface area contributed by atoms with Crippen molar-refractivity contribution >= 4 is 0 Å². The van der Waals surface area contributed by atoms with E-state index in [2.05, 4.69) is 30.8 Å². The Labute approximate surface area is 116 Å². The molecule has 1 unspecified atom stereocenters. The Balaban J connectivity index is 2.32. The van der Waals surface area contributed by atoms with Gasteiger partial charge < -0.3 is 5.11 Å². The largest absolute Gasteiger partial charge is 0.385 e. The first-order chi connectivity index (χ1) is 9.19. The number of rotatable bonds is 6. The lowest BCUT2D eigenvalue weighted by molar-refractivity contribution is -0.0338. The van der Waals surface area contributed by atoms with E-state index in [1.165, 1.54) is 12.8 Å². The van der Waals surface area contributed by atoms with Crippen LogP contribution in [0.15, 0.2) is 12.3 Å². The molecule has 1 saturated heterocycles. The number of aromatic nitrogens is 2. The van der Waals surface area contributed by atoms with E-state index in [0.29, 0.717) is 0 Å². The molecule has 19 heavy (non-hydrogen) atoms. The van der Waals surface area contributed by atoms with E-state index in [9.17, 15) is 5.11 Å². The zero-order valence-corrected chi connectivity index (χ0v) is 12.5. The van der Waals surface area contributed by atoms with Crippen molar-refractivity contribution in [1.29, 1.82) is 0 Å². The van der Waals surface area contributed by atoms with Crippen molar-refractivity contribution in [2.24, 2.45) is 0 Å². The second-order valence-corrected chi connectivity index (χ2v) is 5.48. The van der Waals surface area contributed by atoms with E-state index in [4.69, 9.17) is 0 Å². The number of aryl methyl sites for hydroxylation is 1. The molecule has 4 nitrogen and oxygen atoms in total. The summed E-state index contributed by atoms with van der Waals surface area (Å²) < 4.78 is 1.92. The third kappa shape index (κ3) is 2.43. The molecule has 1 aromatic heterocycles. The van der Waals surface area contributed by atoms with Gasteiger partial charge in [0.2, 0.25) is 0 Å². The van der Waals surface area contributed by atoms with Crippen LogP contribution in [0.5, 0.6) is 0 Å². The van der Waals surface area contributed by atoms with Crippen LogP contribution in [0.4, 0.5) is 0 Å². The molecule has 1 aliphatic rings. The monoisotopic (exact) mass is 265 g/mol. The van der Waals surface area contributed by atoms with Crippen LogP contribution in [0.2, 0.25) is 0 Å². The molecule has 1 atom stereocenters. The molecule has 2 rings (SSSR count). The lowest BCUT2D eigenvalue weighted by Gasteiger charge is -2.44. The smallest absolute Gasteiger partial charge is 0.114 e. The molecule has 4 heteroatoms. The van der Waals surface area contributed by atoms with Crippen LogP contribution in [-0.4, -0.2) is 38.4 Å². The molecule has 108 valence electrons. The van der Waals surface area contributed by atoms with Gasteiger partial charge in [-0.2, -0.15) is 5.10 Å². The molecule has 1 aliphatic heterocycles. The van der Waals surface area contributed by atoms with Gasteiger partial charge in [0.25, 0.3) is 0 Å². The van der Waals surface area contributed by atoms with Crippen LogP contribution in [0.1, 0.15) is 58.3 Å². The van der Waals surface area contributed by atoms with Crippen molar-refractivity contribution in [3.8, 4) is 0 Å². The number of aliphatic hydroxyl groups excluding tert-OH is 1. The zero-order valence-electron chi connectivity index (χ0n) is 12.5. The van der Waals surface area contributed by atoms with E-state index >= 15 is 0 Å². The Kier molecular flexibility index (Phi) is 4.63. The second kappa shape index (κ2) is 6.06. The molecule has 0 aromatic carbocycles. The van der Waals surface area contributed by atoms with Crippen LogP contribution >= 0.6 is 0 Å². The fourth-order valence-corrected chi connectivity index (χ4v) is 3.53. The van der Waals surface area contributed by atoms with E-state index in [1.54, 1.807) is 6.20 Å². The van der Waals surface area contributed by atoms with Crippen molar-refractivity contribution in [3.05, 3.63) is 18.0 Å². The summed E-state index contributed by atoms with van der Waals surface area (Å²) in [7, 11) is 0. The number of aliphatic hydroxyl groups is 1. The van der Waals surface area contributed by atoms with Gasteiger partial charge in [0.15, 0.2) is 0 Å². The molecule has 2 heterocycles. The van der Waals surface area contributed by atoms with Gasteiger partial charge in [-0.3, -0.25) is 9.58 Å². The Morgan fingerprint density at radius 2 is 1.89 bits per heavy atom. The molecular weight excluding hydrogens is 238 g/mol. The fourth-order valence-electron chi connectivity index (χ4n) is 3.53. The highest BCUT2D eigenvalue weighted by atomic mass is 16.3. The fraction of sp³-hybridized carbons (Fsp3) is 0.800. The highest BCUT2D eigenvalue weighted by Crippen LogP contribution is 2.39. The molecule has 0 spiro atoms. The number of hydrogen-bond acceptors (Lipinski definition) is 3. The summed E-state index contributed by atoms with van der Waals surface area (Å²) in [6.45, 7) is 9.48. The predicted octanol–water partition coefficient (Wildman–Crippen LogP) is 2.59. The van der Waals surface area contributed by atoms with Gasteiger partial charge in [0.1, 0.15) is 6.10 Å². The molecule has 1 N–H and O–H groups in total. The average Bonchev–Trinajstić information content (AvgIpc) is 3.11. The Bertz CT molecular complexity index is 392. The Morgan fingerprint density at radius 3 is 2.42 bits per heavy atom. The standard InChI is InChI=1S/C15H27N3O/c1-4-15(5-2,17-11-7-8-12-17)14(19)13-9-10-16-18(13)6-3/h9-10,14,19H,4-8,11-12H2,1-3H3. The molecule has 0 saturated carbocycles. The summed E-state index contributed by atoms with van der Waals surface area (Å²) in [5.74, 6) is 0. The zero-order chi connectivity index (χ0) is 13.9. The van der Waals surface area contributed by atoms with Crippen LogP contribution in [0.3, 0.4) is 0 Å². The first kappa shape index (κ1) is 14.5. The molecule has 1 aromatic rings. The number of likely N-dealkylation sites (tertiary alicyclic amines) is 1. The summed E-state index contributed by atoms with van der Waals surface area (Å²) in [5, 5.41) is 15.3. The summed E-state index contributed by atoms with van der Waals surface area (Å²) in [5.41, 5.74) is 0.821. The van der Waals surface area contributed by atoms with Crippen LogP contribution in [0.25, 0.3) is 0 Å². The van der Waals surface area contributed by atoms with E-state index in [-0.39, 0.29) is 5.54 Å². The van der Waals surface area contributed by atoms with Gasteiger partial charge in [-0.15, -0.1) is 0 Å². The van der Waals surface area contributed by atoms with Crippen LogP contribution in [0, 0.1) is 0 Å². The molecular formula is C15H27N3O. The summed E-state index contributed by atoms with van der Waals surface area (Å²) in [4.78, 5) is 2.49. The maximum Gasteiger partial charge on any atom is 0.114 e. The van der Waals surface area contributed by atoms with Gasteiger partial charge in [-0.1, -0.05) is 13.8 Å². The van der Waals surface area contributed by atoms with Gasteiger partial charge >= 0.3 is 0 Å². The number of nitrogens with zero attached hydrogens (tertiary/aromatic N) is 3. The van der Waals surface area contributed by atoms with Crippen LogP contribution in [-0.2, 0) is 6.54 Å². The maximum atomic E-state index is 11.0. The van der Waals surface area contributed by atoms with Crippen molar-refractivity contribution < 1.29 is 5.11 Å². The SMILES string of the molecule is CCn1nccc1C(O)C(CC)(CC)N1CCCC1. The average molecular weight is 265 g/mol. The van der Waals surface area contributed by atoms with Gasteiger partial charge in [0.05, 0.1) is 11.2 Å². The Morgan fingerprint density at radius 1 is 1.26 bits per heavy atom. The van der Waals surface area contributed by atoms with E-state index in [1.807, 2.05) is 10.7 Å². The van der Waals surface area contributed by atoms with Crippen molar-refractivity contribution in [2.75, 3.05) is 13.1 Å². The van der Waals surface area contributed by atoms with Gasteiger partial charge in [-0.25, -0.2) is 0 Å². The maximum absolute atomic E-state index is 11.0. The lowest BCUT2D eigenvalue weighted by atomic mass is 9.83. The molecule has 0 bridgehead atoms. The molecule has 0 aliphatic carbocycles. The quantitative estimate of drug-likeness (QED) is 0.859.